The van der Waals surface area contributed by atoms with Crippen LogP contribution in [-0.4, -0.2) is 41.6 Å². The molecule has 5 heteroatoms. The molecule has 1 fully saturated rings. The van der Waals surface area contributed by atoms with Gasteiger partial charge in [-0.15, -0.1) is 0 Å². The number of carbonyl (C=O) groups is 2. The van der Waals surface area contributed by atoms with Crippen LogP contribution in [0.25, 0.3) is 0 Å². The first-order valence-electron chi connectivity index (χ1n) is 7.17. The number of rotatable bonds is 4. The highest BCUT2D eigenvalue weighted by molar-refractivity contribution is 5.98. The summed E-state index contributed by atoms with van der Waals surface area (Å²) in [5.74, 6) is -1.18. The number of carboxylic acid groups (broad SMARTS) is 1. The molecule has 1 saturated heterocycles. The third kappa shape index (κ3) is 3.24. The van der Waals surface area contributed by atoms with Gasteiger partial charge in [-0.1, -0.05) is 25.1 Å². The maximum absolute atomic E-state index is 12.8. The van der Waals surface area contributed by atoms with E-state index >= 15 is 0 Å². The summed E-state index contributed by atoms with van der Waals surface area (Å²) in [5.41, 5.74) is 1.31. The minimum Gasteiger partial charge on any atom is -0.480 e. The first-order valence-corrected chi connectivity index (χ1v) is 7.17. The lowest BCUT2D eigenvalue weighted by Crippen LogP contribution is -2.52. The normalized spacial score (nSPS) is 22.1. The first-order chi connectivity index (χ1) is 10.1. The van der Waals surface area contributed by atoms with E-state index in [1.807, 2.05) is 19.1 Å². The van der Waals surface area contributed by atoms with E-state index in [4.69, 9.17) is 4.74 Å². The standard InChI is InChI=1S/C16H21NO4/c1-11-6-5-9-17(14(11)16(19)20)15(18)13-8-4-3-7-12(13)10-21-2/h3-4,7-8,11,14H,5-6,9-10H2,1-2H3,(H,19,20). The molecule has 114 valence electrons. The molecule has 2 unspecified atom stereocenters. The molecule has 1 aromatic carbocycles. The first kappa shape index (κ1) is 15.5. The van der Waals surface area contributed by atoms with Crippen LogP contribution in [0.5, 0.6) is 0 Å². The monoisotopic (exact) mass is 291 g/mol. The molecule has 1 aromatic rings. The van der Waals surface area contributed by atoms with E-state index in [-0.39, 0.29) is 11.8 Å². The number of benzene rings is 1. The third-order valence-corrected chi connectivity index (χ3v) is 3.99. The Hall–Kier alpha value is -1.88. The van der Waals surface area contributed by atoms with Crippen molar-refractivity contribution in [2.24, 2.45) is 5.92 Å². The summed E-state index contributed by atoms with van der Waals surface area (Å²) in [4.78, 5) is 25.8. The summed E-state index contributed by atoms with van der Waals surface area (Å²) in [7, 11) is 1.57. The van der Waals surface area contributed by atoms with Crippen molar-refractivity contribution < 1.29 is 19.4 Å². The summed E-state index contributed by atoms with van der Waals surface area (Å²) in [6, 6.07) is 6.45. The SMILES string of the molecule is COCc1ccccc1C(=O)N1CCCC(C)C1C(=O)O. The predicted octanol–water partition coefficient (Wildman–Crippen LogP) is 2.16. The summed E-state index contributed by atoms with van der Waals surface area (Å²) in [6.45, 7) is 2.71. The van der Waals surface area contributed by atoms with Gasteiger partial charge in [0, 0.05) is 19.2 Å². The molecule has 2 atom stereocenters. The average Bonchev–Trinajstić information content (AvgIpc) is 2.47. The Kier molecular flexibility index (Phi) is 4.96. The number of carbonyl (C=O) groups excluding carboxylic acids is 1. The molecule has 1 aliphatic heterocycles. The number of aliphatic carboxylic acids is 1. The third-order valence-electron chi connectivity index (χ3n) is 3.99. The van der Waals surface area contributed by atoms with Crippen LogP contribution in [0.2, 0.25) is 0 Å². The topological polar surface area (TPSA) is 66.8 Å². The summed E-state index contributed by atoms with van der Waals surface area (Å²) in [5, 5.41) is 9.43. The maximum atomic E-state index is 12.8. The highest BCUT2D eigenvalue weighted by atomic mass is 16.5. The van der Waals surface area contributed by atoms with Crippen LogP contribution >= 0.6 is 0 Å². The van der Waals surface area contributed by atoms with Crippen LogP contribution in [-0.2, 0) is 16.1 Å². The summed E-state index contributed by atoms with van der Waals surface area (Å²) < 4.78 is 5.11. The van der Waals surface area contributed by atoms with Crippen molar-refractivity contribution in [1.82, 2.24) is 4.90 Å². The molecule has 0 aliphatic carbocycles. The molecule has 0 aromatic heterocycles. The van der Waals surface area contributed by atoms with Gasteiger partial charge in [0.2, 0.25) is 0 Å². The van der Waals surface area contributed by atoms with Crippen LogP contribution in [0.15, 0.2) is 24.3 Å². The highest BCUT2D eigenvalue weighted by Crippen LogP contribution is 2.26. The van der Waals surface area contributed by atoms with E-state index in [2.05, 4.69) is 0 Å². The minimum atomic E-state index is -0.931. The number of nitrogens with zero attached hydrogens (tertiary/aromatic N) is 1. The molecule has 2 rings (SSSR count). The zero-order chi connectivity index (χ0) is 15.4. The number of hydrogen-bond donors (Lipinski definition) is 1. The molecule has 0 spiro atoms. The van der Waals surface area contributed by atoms with Gasteiger partial charge in [0.15, 0.2) is 0 Å². The van der Waals surface area contributed by atoms with Crippen molar-refractivity contribution >= 4 is 11.9 Å². The molecule has 0 saturated carbocycles. The number of piperidine rings is 1. The number of likely N-dealkylation sites (tertiary alicyclic amines) is 1. The second-order valence-electron chi connectivity index (χ2n) is 5.49. The van der Waals surface area contributed by atoms with Crippen molar-refractivity contribution in [3.8, 4) is 0 Å². The van der Waals surface area contributed by atoms with Crippen LogP contribution in [0.4, 0.5) is 0 Å². The van der Waals surface area contributed by atoms with Crippen molar-refractivity contribution in [2.75, 3.05) is 13.7 Å². The number of methoxy groups -OCH3 is 1. The zero-order valence-electron chi connectivity index (χ0n) is 12.4. The van der Waals surface area contributed by atoms with E-state index in [0.29, 0.717) is 18.7 Å². The Morgan fingerprint density at radius 2 is 2.10 bits per heavy atom. The fourth-order valence-electron chi connectivity index (χ4n) is 2.96. The maximum Gasteiger partial charge on any atom is 0.326 e. The van der Waals surface area contributed by atoms with Crippen LogP contribution in [0.3, 0.4) is 0 Å². The minimum absolute atomic E-state index is 0.0326. The molecule has 1 N–H and O–H groups in total. The Balaban J connectivity index is 2.31. The highest BCUT2D eigenvalue weighted by Gasteiger charge is 2.37. The molecule has 21 heavy (non-hydrogen) atoms. The largest absolute Gasteiger partial charge is 0.480 e. The number of ether oxygens (including phenoxy) is 1. The van der Waals surface area contributed by atoms with Gasteiger partial charge < -0.3 is 14.7 Å². The second-order valence-corrected chi connectivity index (χ2v) is 5.49. The zero-order valence-corrected chi connectivity index (χ0v) is 12.4. The average molecular weight is 291 g/mol. The molecule has 5 nitrogen and oxygen atoms in total. The van der Waals surface area contributed by atoms with Crippen LogP contribution in [0.1, 0.15) is 35.7 Å². The molecular weight excluding hydrogens is 270 g/mol. The lowest BCUT2D eigenvalue weighted by atomic mass is 9.90. The van der Waals surface area contributed by atoms with Gasteiger partial charge in [-0.25, -0.2) is 4.79 Å². The van der Waals surface area contributed by atoms with E-state index < -0.39 is 12.0 Å². The smallest absolute Gasteiger partial charge is 0.326 e. The van der Waals surface area contributed by atoms with Crippen molar-refractivity contribution in [3.05, 3.63) is 35.4 Å². The van der Waals surface area contributed by atoms with Crippen molar-refractivity contribution in [1.29, 1.82) is 0 Å². The molecule has 1 aliphatic rings. The van der Waals surface area contributed by atoms with Gasteiger partial charge in [0.05, 0.1) is 6.61 Å². The number of carboxylic acids is 1. The fraction of sp³-hybridized carbons (Fsp3) is 0.500. The van der Waals surface area contributed by atoms with E-state index in [0.717, 1.165) is 18.4 Å². The summed E-state index contributed by atoms with van der Waals surface area (Å²) in [6.07, 6.45) is 1.67. The lowest BCUT2D eigenvalue weighted by molar-refractivity contribution is -0.145. The van der Waals surface area contributed by atoms with Gasteiger partial charge in [0.25, 0.3) is 5.91 Å². The summed E-state index contributed by atoms with van der Waals surface area (Å²) >= 11 is 0. The molecule has 0 radical (unpaired) electrons. The van der Waals surface area contributed by atoms with E-state index in [1.165, 1.54) is 4.90 Å². The van der Waals surface area contributed by atoms with Gasteiger partial charge >= 0.3 is 5.97 Å². The molecule has 1 amide bonds. The molecule has 0 bridgehead atoms. The Labute approximate surface area is 124 Å². The van der Waals surface area contributed by atoms with Crippen molar-refractivity contribution in [3.63, 3.8) is 0 Å². The lowest BCUT2D eigenvalue weighted by Gasteiger charge is -2.37. The van der Waals surface area contributed by atoms with Crippen LogP contribution < -0.4 is 0 Å². The number of amides is 1. The van der Waals surface area contributed by atoms with Crippen LogP contribution in [0, 0.1) is 5.92 Å². The molecule has 1 heterocycles. The Morgan fingerprint density at radius 3 is 2.76 bits per heavy atom. The second kappa shape index (κ2) is 6.72. The number of hydrogen-bond acceptors (Lipinski definition) is 3. The quantitative estimate of drug-likeness (QED) is 0.923. The fourth-order valence-corrected chi connectivity index (χ4v) is 2.96. The Bertz CT molecular complexity index is 529. The van der Waals surface area contributed by atoms with Gasteiger partial charge in [-0.05, 0) is 30.4 Å². The van der Waals surface area contributed by atoms with Gasteiger partial charge in [-0.3, -0.25) is 4.79 Å². The van der Waals surface area contributed by atoms with Crippen molar-refractivity contribution in [2.45, 2.75) is 32.4 Å². The van der Waals surface area contributed by atoms with E-state index in [1.54, 1.807) is 19.2 Å². The Morgan fingerprint density at radius 1 is 1.38 bits per heavy atom. The molecular formula is C16H21NO4. The van der Waals surface area contributed by atoms with E-state index in [9.17, 15) is 14.7 Å². The van der Waals surface area contributed by atoms with Gasteiger partial charge in [-0.2, -0.15) is 0 Å². The van der Waals surface area contributed by atoms with Gasteiger partial charge in [0.1, 0.15) is 6.04 Å². The predicted molar refractivity (Wildman–Crippen MR) is 78.0 cm³/mol.